The van der Waals surface area contributed by atoms with Crippen molar-refractivity contribution < 1.29 is 14.3 Å². The van der Waals surface area contributed by atoms with Crippen LogP contribution in [0.3, 0.4) is 0 Å². The second kappa shape index (κ2) is 11.0. The summed E-state index contributed by atoms with van der Waals surface area (Å²) in [7, 11) is 0. The fourth-order valence-electron chi connectivity index (χ4n) is 4.38. The predicted molar refractivity (Wildman–Crippen MR) is 144 cm³/mol. The maximum Gasteiger partial charge on any atom is 0.262 e. The Morgan fingerprint density at radius 3 is 2.33 bits per heavy atom. The molecule has 2 heterocycles. The maximum atomic E-state index is 12.5. The third-order valence-electron chi connectivity index (χ3n) is 6.20. The van der Waals surface area contributed by atoms with Gasteiger partial charge in [-0.1, -0.05) is 30.3 Å². The summed E-state index contributed by atoms with van der Waals surface area (Å²) >= 11 is 0. The van der Waals surface area contributed by atoms with Crippen LogP contribution >= 0.6 is 0 Å². The second-order valence-electron chi connectivity index (χ2n) is 8.60. The van der Waals surface area contributed by atoms with Gasteiger partial charge in [-0.05, 0) is 61.5 Å². The first kappa shape index (κ1) is 23.5. The van der Waals surface area contributed by atoms with E-state index < -0.39 is 0 Å². The summed E-state index contributed by atoms with van der Waals surface area (Å²) in [4.78, 5) is 22.1. The highest BCUT2D eigenvalue weighted by Crippen LogP contribution is 2.27. The number of rotatable bonds is 8. The largest absolute Gasteiger partial charge is 0.494 e. The molecule has 0 spiro atoms. The quantitative estimate of drug-likeness (QED) is 0.382. The van der Waals surface area contributed by atoms with Crippen LogP contribution in [0.5, 0.6) is 11.5 Å². The van der Waals surface area contributed by atoms with Crippen LogP contribution in [0.2, 0.25) is 0 Å². The van der Waals surface area contributed by atoms with Gasteiger partial charge in [0, 0.05) is 42.9 Å². The molecule has 4 aromatic rings. The van der Waals surface area contributed by atoms with Gasteiger partial charge in [-0.15, -0.1) is 0 Å². The number of ether oxygens (including phenoxy) is 2. The lowest BCUT2D eigenvalue weighted by Gasteiger charge is -2.36. The zero-order chi connectivity index (χ0) is 24.7. The number of benzene rings is 3. The molecule has 0 aliphatic carbocycles. The molecule has 1 aliphatic rings. The fraction of sp³-hybridized carbons (Fsp3) is 0.241. The van der Waals surface area contributed by atoms with Crippen LogP contribution in [0.25, 0.3) is 10.9 Å². The molecule has 1 N–H and O–H groups in total. The van der Waals surface area contributed by atoms with Crippen molar-refractivity contribution in [1.29, 1.82) is 0 Å². The number of piperazine rings is 1. The molecule has 3 aromatic carbocycles. The molecule has 7 heteroatoms. The van der Waals surface area contributed by atoms with Crippen LogP contribution in [-0.2, 0) is 4.79 Å². The highest BCUT2D eigenvalue weighted by Gasteiger charge is 2.19. The molecule has 0 atom stereocenters. The molecule has 1 amide bonds. The summed E-state index contributed by atoms with van der Waals surface area (Å²) in [6.07, 6.45) is 0. The Hall–Kier alpha value is -4.26. The number of carbonyl (C=O) groups excluding carboxylic acids is 1. The van der Waals surface area contributed by atoms with Crippen molar-refractivity contribution in [3.05, 3.63) is 84.9 Å². The van der Waals surface area contributed by atoms with E-state index in [2.05, 4.69) is 51.5 Å². The van der Waals surface area contributed by atoms with Gasteiger partial charge in [0.05, 0.1) is 6.61 Å². The van der Waals surface area contributed by atoms with Crippen molar-refractivity contribution in [2.45, 2.75) is 6.92 Å². The molecule has 5 rings (SSSR count). The average molecular weight is 483 g/mol. The molecule has 0 saturated carbocycles. The Morgan fingerprint density at radius 1 is 0.833 bits per heavy atom. The summed E-state index contributed by atoms with van der Waals surface area (Å²) in [6.45, 7) is 6.09. The van der Waals surface area contributed by atoms with Crippen molar-refractivity contribution in [3.8, 4) is 11.5 Å². The van der Waals surface area contributed by atoms with Crippen LogP contribution in [-0.4, -0.2) is 50.3 Å². The number of pyridine rings is 1. The fourth-order valence-corrected chi connectivity index (χ4v) is 4.38. The monoisotopic (exact) mass is 482 g/mol. The topological polar surface area (TPSA) is 66.9 Å². The van der Waals surface area contributed by atoms with Crippen molar-refractivity contribution in [3.63, 3.8) is 0 Å². The molecule has 36 heavy (non-hydrogen) atoms. The van der Waals surface area contributed by atoms with Gasteiger partial charge in [0.25, 0.3) is 5.91 Å². The SMILES string of the molecule is CCOc1ccc(NC(=O)COc2cccc3ccc(N4CCN(c5ccccc5)CC4)nc23)cc1. The first-order valence-corrected chi connectivity index (χ1v) is 12.3. The molecule has 184 valence electrons. The summed E-state index contributed by atoms with van der Waals surface area (Å²) in [5, 5.41) is 3.84. The number of para-hydroxylation sites is 2. The van der Waals surface area contributed by atoms with E-state index in [0.29, 0.717) is 18.0 Å². The van der Waals surface area contributed by atoms with Gasteiger partial charge < -0.3 is 24.6 Å². The van der Waals surface area contributed by atoms with E-state index in [4.69, 9.17) is 14.5 Å². The van der Waals surface area contributed by atoms with Gasteiger partial charge in [0.1, 0.15) is 22.8 Å². The minimum atomic E-state index is -0.232. The van der Waals surface area contributed by atoms with Crippen molar-refractivity contribution >= 4 is 34.0 Å². The molecule has 1 fully saturated rings. The van der Waals surface area contributed by atoms with E-state index in [9.17, 15) is 4.79 Å². The Morgan fingerprint density at radius 2 is 1.58 bits per heavy atom. The number of carbonyl (C=O) groups is 1. The van der Waals surface area contributed by atoms with Crippen LogP contribution in [0.4, 0.5) is 17.2 Å². The smallest absolute Gasteiger partial charge is 0.262 e. The summed E-state index contributed by atoms with van der Waals surface area (Å²) < 4.78 is 11.3. The second-order valence-corrected chi connectivity index (χ2v) is 8.60. The minimum absolute atomic E-state index is 0.103. The standard InChI is InChI=1S/C29H30N4O3/c1-2-35-25-14-12-23(13-15-25)30-28(34)21-36-26-10-6-7-22-11-16-27(31-29(22)26)33-19-17-32(18-20-33)24-8-4-3-5-9-24/h3-16H,2,17-21H2,1H3,(H,30,34). The molecule has 1 saturated heterocycles. The van der Waals surface area contributed by atoms with E-state index >= 15 is 0 Å². The number of nitrogens with one attached hydrogen (secondary N) is 1. The lowest BCUT2D eigenvalue weighted by molar-refractivity contribution is -0.118. The first-order valence-electron chi connectivity index (χ1n) is 12.3. The van der Waals surface area contributed by atoms with Gasteiger partial charge in [0.15, 0.2) is 6.61 Å². The first-order chi connectivity index (χ1) is 17.7. The third kappa shape index (κ3) is 5.51. The normalized spacial score (nSPS) is 13.5. The van der Waals surface area contributed by atoms with Crippen LogP contribution in [0.1, 0.15) is 6.92 Å². The van der Waals surface area contributed by atoms with E-state index in [0.717, 1.165) is 48.6 Å². The number of fused-ring (bicyclic) bond motifs is 1. The van der Waals surface area contributed by atoms with E-state index in [1.807, 2.05) is 55.5 Å². The van der Waals surface area contributed by atoms with Gasteiger partial charge >= 0.3 is 0 Å². The molecule has 0 unspecified atom stereocenters. The lowest BCUT2D eigenvalue weighted by Crippen LogP contribution is -2.46. The van der Waals surface area contributed by atoms with E-state index in [-0.39, 0.29) is 12.5 Å². The highest BCUT2D eigenvalue weighted by molar-refractivity contribution is 5.92. The molecule has 0 radical (unpaired) electrons. The number of amides is 1. The Kier molecular flexibility index (Phi) is 7.17. The lowest BCUT2D eigenvalue weighted by atomic mass is 10.2. The minimum Gasteiger partial charge on any atom is -0.494 e. The van der Waals surface area contributed by atoms with Gasteiger partial charge in [0.2, 0.25) is 0 Å². The number of aromatic nitrogens is 1. The molecule has 7 nitrogen and oxygen atoms in total. The third-order valence-corrected chi connectivity index (χ3v) is 6.20. The van der Waals surface area contributed by atoms with Crippen LogP contribution in [0, 0.1) is 0 Å². The zero-order valence-corrected chi connectivity index (χ0v) is 20.4. The van der Waals surface area contributed by atoms with E-state index in [1.165, 1.54) is 5.69 Å². The summed E-state index contributed by atoms with van der Waals surface area (Å²) in [5.41, 5.74) is 2.71. The maximum absolute atomic E-state index is 12.5. The molecule has 1 aliphatic heterocycles. The molecular formula is C29H30N4O3. The Labute approximate surface area is 211 Å². The van der Waals surface area contributed by atoms with Crippen molar-refractivity contribution in [2.24, 2.45) is 0 Å². The summed E-state index contributed by atoms with van der Waals surface area (Å²) in [5.74, 6) is 2.06. The zero-order valence-electron chi connectivity index (χ0n) is 20.4. The molecule has 1 aromatic heterocycles. The molecule has 0 bridgehead atoms. The van der Waals surface area contributed by atoms with E-state index in [1.54, 1.807) is 0 Å². The van der Waals surface area contributed by atoms with Crippen LogP contribution in [0.15, 0.2) is 84.9 Å². The average Bonchev–Trinajstić information content (AvgIpc) is 2.93. The summed E-state index contributed by atoms with van der Waals surface area (Å²) in [6, 6.07) is 27.7. The van der Waals surface area contributed by atoms with Crippen molar-refractivity contribution in [2.75, 3.05) is 54.5 Å². The van der Waals surface area contributed by atoms with Gasteiger partial charge in [-0.2, -0.15) is 0 Å². The number of hydrogen-bond acceptors (Lipinski definition) is 6. The van der Waals surface area contributed by atoms with Crippen molar-refractivity contribution in [1.82, 2.24) is 4.98 Å². The van der Waals surface area contributed by atoms with Gasteiger partial charge in [-0.25, -0.2) is 4.98 Å². The number of nitrogens with zero attached hydrogens (tertiary/aromatic N) is 3. The van der Waals surface area contributed by atoms with Crippen LogP contribution < -0.4 is 24.6 Å². The Balaban J connectivity index is 1.23. The predicted octanol–water partition coefficient (Wildman–Crippen LogP) is 4.98. The highest BCUT2D eigenvalue weighted by atomic mass is 16.5. The number of hydrogen-bond donors (Lipinski definition) is 1. The van der Waals surface area contributed by atoms with Gasteiger partial charge in [-0.3, -0.25) is 4.79 Å². The Bertz CT molecular complexity index is 1300. The molecular weight excluding hydrogens is 452 g/mol. The number of anilines is 3.